The van der Waals surface area contributed by atoms with Crippen LogP contribution in [0.25, 0.3) is 20.5 Å². The van der Waals surface area contributed by atoms with Crippen molar-refractivity contribution >= 4 is 27.8 Å². The Hall–Kier alpha value is -1.90. The predicted octanol–water partition coefficient (Wildman–Crippen LogP) is 2.45. The molecule has 3 rings (SSSR count). The van der Waals surface area contributed by atoms with Crippen LogP contribution in [0.3, 0.4) is 0 Å². The minimum absolute atomic E-state index is 0.427. The first kappa shape index (κ1) is 13.1. The first-order chi connectivity index (χ1) is 9.78. The Labute approximate surface area is 123 Å². The van der Waals surface area contributed by atoms with Gasteiger partial charge in [-0.15, -0.1) is 21.5 Å². The van der Waals surface area contributed by atoms with Gasteiger partial charge in [0.15, 0.2) is 5.01 Å². The first-order valence-corrected chi connectivity index (χ1v) is 7.39. The highest BCUT2D eigenvalue weighted by Crippen LogP contribution is 2.37. The fraction of sp³-hybridized carbons (Fsp3) is 0.167. The van der Waals surface area contributed by atoms with E-state index < -0.39 is 0 Å². The molecule has 0 fully saturated rings. The molecule has 102 valence electrons. The van der Waals surface area contributed by atoms with Crippen molar-refractivity contribution in [3.63, 3.8) is 0 Å². The lowest BCUT2D eigenvalue weighted by atomic mass is 10.3. The van der Waals surface area contributed by atoms with E-state index in [0.29, 0.717) is 11.7 Å². The van der Waals surface area contributed by atoms with Gasteiger partial charge in [0.25, 0.3) is 0 Å². The zero-order valence-corrected chi connectivity index (χ0v) is 12.2. The van der Waals surface area contributed by atoms with Gasteiger partial charge in [-0.1, -0.05) is 11.3 Å². The number of nitrogens with two attached hydrogens (primary N) is 1. The van der Waals surface area contributed by atoms with E-state index in [1.54, 1.807) is 30.8 Å². The summed E-state index contributed by atoms with van der Waals surface area (Å²) >= 11 is 2.90. The number of aromatic nitrogens is 4. The van der Waals surface area contributed by atoms with Gasteiger partial charge in [0.1, 0.15) is 5.01 Å². The van der Waals surface area contributed by atoms with Gasteiger partial charge in [0, 0.05) is 25.1 Å². The van der Waals surface area contributed by atoms with Crippen LogP contribution in [0.4, 0.5) is 5.13 Å². The maximum absolute atomic E-state index is 5.65. The lowest BCUT2D eigenvalue weighted by molar-refractivity contribution is 0.182. The molecule has 3 heterocycles. The van der Waals surface area contributed by atoms with Crippen LogP contribution in [0.2, 0.25) is 0 Å². The lowest BCUT2D eigenvalue weighted by Crippen LogP contribution is -1.90. The summed E-state index contributed by atoms with van der Waals surface area (Å²) < 4.78 is 5.20. The fourth-order valence-corrected chi connectivity index (χ4v) is 3.47. The van der Waals surface area contributed by atoms with Crippen molar-refractivity contribution in [2.24, 2.45) is 0 Å². The molecule has 0 aliphatic rings. The number of ether oxygens (including phenoxy) is 1. The molecule has 0 saturated carbocycles. The van der Waals surface area contributed by atoms with Gasteiger partial charge in [0.05, 0.1) is 17.2 Å². The first-order valence-electron chi connectivity index (χ1n) is 5.76. The Balaban J connectivity index is 2.07. The van der Waals surface area contributed by atoms with E-state index in [2.05, 4.69) is 20.2 Å². The average Bonchev–Trinajstić information content (AvgIpc) is 3.07. The third-order valence-corrected chi connectivity index (χ3v) is 4.59. The molecule has 3 aromatic rings. The molecular weight excluding hydrogens is 294 g/mol. The standard InChI is InChI=1S/C12H11N5OS2/c1-18-6-8-9(11-16-17-12(13)20-11)19-10(15-8)7-2-4-14-5-3-7/h2-5H,6H2,1H3,(H2,13,17). The van der Waals surface area contributed by atoms with Crippen molar-refractivity contribution in [2.75, 3.05) is 12.8 Å². The summed E-state index contributed by atoms with van der Waals surface area (Å²) in [6.45, 7) is 0.427. The minimum Gasteiger partial charge on any atom is -0.378 e. The second kappa shape index (κ2) is 5.61. The summed E-state index contributed by atoms with van der Waals surface area (Å²) in [5.41, 5.74) is 7.51. The van der Waals surface area contributed by atoms with Gasteiger partial charge in [0.2, 0.25) is 5.13 Å². The number of hydrogen-bond acceptors (Lipinski definition) is 8. The Morgan fingerprint density at radius 2 is 1.95 bits per heavy atom. The maximum Gasteiger partial charge on any atom is 0.203 e. The summed E-state index contributed by atoms with van der Waals surface area (Å²) in [5.74, 6) is 0. The summed E-state index contributed by atoms with van der Waals surface area (Å²) in [4.78, 5) is 9.58. The minimum atomic E-state index is 0.427. The van der Waals surface area contributed by atoms with Gasteiger partial charge in [-0.25, -0.2) is 4.98 Å². The number of thiazole rings is 1. The molecule has 0 bridgehead atoms. The number of nitrogen functional groups attached to an aromatic ring is 1. The van der Waals surface area contributed by atoms with E-state index in [0.717, 1.165) is 26.1 Å². The van der Waals surface area contributed by atoms with E-state index in [4.69, 9.17) is 10.5 Å². The second-order valence-electron chi connectivity index (χ2n) is 3.91. The second-order valence-corrected chi connectivity index (χ2v) is 5.92. The molecule has 0 unspecified atom stereocenters. The molecule has 0 atom stereocenters. The number of pyridine rings is 1. The molecule has 0 radical (unpaired) electrons. The monoisotopic (exact) mass is 305 g/mol. The molecule has 8 heteroatoms. The molecule has 20 heavy (non-hydrogen) atoms. The predicted molar refractivity (Wildman–Crippen MR) is 79.4 cm³/mol. The Morgan fingerprint density at radius 1 is 1.15 bits per heavy atom. The number of hydrogen-bond donors (Lipinski definition) is 1. The van der Waals surface area contributed by atoms with Crippen LogP contribution in [0, 0.1) is 0 Å². The van der Waals surface area contributed by atoms with Crippen LogP contribution in [-0.2, 0) is 11.3 Å². The summed E-state index contributed by atoms with van der Waals surface area (Å²) in [7, 11) is 1.64. The van der Waals surface area contributed by atoms with E-state index in [9.17, 15) is 0 Å². The maximum atomic E-state index is 5.65. The van der Waals surface area contributed by atoms with E-state index in [1.807, 2.05) is 12.1 Å². The molecule has 0 amide bonds. The average molecular weight is 305 g/mol. The van der Waals surface area contributed by atoms with Gasteiger partial charge < -0.3 is 10.5 Å². The summed E-state index contributed by atoms with van der Waals surface area (Å²) in [6, 6.07) is 3.85. The number of methoxy groups -OCH3 is 1. The van der Waals surface area contributed by atoms with Crippen LogP contribution in [0.15, 0.2) is 24.5 Å². The molecule has 3 aromatic heterocycles. The van der Waals surface area contributed by atoms with Crippen LogP contribution in [0.1, 0.15) is 5.69 Å². The van der Waals surface area contributed by atoms with Crippen LogP contribution < -0.4 is 5.73 Å². The largest absolute Gasteiger partial charge is 0.378 e. The van der Waals surface area contributed by atoms with Crippen molar-refractivity contribution < 1.29 is 4.74 Å². The smallest absolute Gasteiger partial charge is 0.203 e. The number of anilines is 1. The molecule has 0 aliphatic heterocycles. The fourth-order valence-electron chi connectivity index (χ4n) is 1.70. The van der Waals surface area contributed by atoms with Crippen LogP contribution in [-0.4, -0.2) is 27.3 Å². The quantitative estimate of drug-likeness (QED) is 0.796. The van der Waals surface area contributed by atoms with E-state index in [1.165, 1.54) is 11.3 Å². The highest BCUT2D eigenvalue weighted by molar-refractivity contribution is 7.24. The normalized spacial score (nSPS) is 10.8. The zero-order valence-electron chi connectivity index (χ0n) is 10.6. The highest BCUT2D eigenvalue weighted by atomic mass is 32.1. The van der Waals surface area contributed by atoms with Gasteiger partial charge >= 0.3 is 0 Å². The van der Waals surface area contributed by atoms with E-state index >= 15 is 0 Å². The SMILES string of the molecule is COCc1nc(-c2ccncc2)sc1-c1nnc(N)s1. The van der Waals surface area contributed by atoms with E-state index in [-0.39, 0.29) is 0 Å². The Bertz CT molecular complexity index is 710. The topological polar surface area (TPSA) is 86.8 Å². The third kappa shape index (κ3) is 2.53. The zero-order chi connectivity index (χ0) is 13.9. The van der Waals surface area contributed by atoms with Crippen molar-refractivity contribution in [1.82, 2.24) is 20.2 Å². The van der Waals surface area contributed by atoms with Crippen molar-refractivity contribution in [3.05, 3.63) is 30.2 Å². The van der Waals surface area contributed by atoms with Gasteiger partial charge in [-0.3, -0.25) is 4.98 Å². The molecule has 0 aliphatic carbocycles. The molecule has 2 N–H and O–H groups in total. The van der Waals surface area contributed by atoms with Gasteiger partial charge in [-0.05, 0) is 12.1 Å². The lowest BCUT2D eigenvalue weighted by Gasteiger charge is -1.95. The molecule has 0 saturated heterocycles. The molecule has 0 spiro atoms. The van der Waals surface area contributed by atoms with Crippen LogP contribution >= 0.6 is 22.7 Å². The van der Waals surface area contributed by atoms with Crippen molar-refractivity contribution in [3.8, 4) is 20.5 Å². The number of rotatable bonds is 4. The van der Waals surface area contributed by atoms with Crippen molar-refractivity contribution in [1.29, 1.82) is 0 Å². The molecule has 6 nitrogen and oxygen atoms in total. The molecular formula is C12H11N5OS2. The Morgan fingerprint density at radius 3 is 2.60 bits per heavy atom. The highest BCUT2D eigenvalue weighted by Gasteiger charge is 2.17. The summed E-state index contributed by atoms with van der Waals surface area (Å²) in [6.07, 6.45) is 3.49. The van der Waals surface area contributed by atoms with Gasteiger partial charge in [-0.2, -0.15) is 0 Å². The molecule has 0 aromatic carbocycles. The number of nitrogens with zero attached hydrogens (tertiary/aromatic N) is 4. The van der Waals surface area contributed by atoms with Crippen molar-refractivity contribution in [2.45, 2.75) is 6.61 Å². The van der Waals surface area contributed by atoms with Crippen LogP contribution in [0.5, 0.6) is 0 Å². The summed E-state index contributed by atoms with van der Waals surface area (Å²) in [5, 5.41) is 10.1. The third-order valence-electron chi connectivity index (χ3n) is 2.54. The Kier molecular flexibility index (Phi) is 3.68.